The molecule has 0 bridgehead atoms. The second kappa shape index (κ2) is 6.95. The first-order valence-electron chi connectivity index (χ1n) is 7.72. The Balaban J connectivity index is 2.09. The van der Waals surface area contributed by atoms with Gasteiger partial charge in [-0.05, 0) is 12.1 Å². The van der Waals surface area contributed by atoms with Crippen LogP contribution in [0.1, 0.15) is 12.5 Å². The molecule has 1 heterocycles. The summed E-state index contributed by atoms with van der Waals surface area (Å²) in [4.78, 5) is 20.1. The Morgan fingerprint density at radius 1 is 0.962 bits per heavy atom. The number of aromatic nitrogens is 2. The van der Waals surface area contributed by atoms with Gasteiger partial charge in [-0.2, -0.15) is 13.2 Å². The number of benzene rings is 2. The molecule has 0 spiro atoms. The number of carbonyl (C=O) groups excluding carboxylic acids is 1. The van der Waals surface area contributed by atoms with Gasteiger partial charge in [0.05, 0.1) is 17.5 Å². The molecule has 0 unspecified atom stereocenters. The number of nitrogens with one attached hydrogen (secondary N) is 1. The highest BCUT2D eigenvalue weighted by molar-refractivity contribution is 5.91. The van der Waals surface area contributed by atoms with Gasteiger partial charge in [0.1, 0.15) is 5.69 Å². The highest BCUT2D eigenvalue weighted by atomic mass is 19.4. The molecule has 0 atom stereocenters. The first-order valence-corrected chi connectivity index (χ1v) is 7.72. The van der Waals surface area contributed by atoms with E-state index in [4.69, 9.17) is 0 Å². The molecule has 1 aromatic heterocycles. The van der Waals surface area contributed by atoms with Crippen LogP contribution in [0, 0.1) is 0 Å². The third kappa shape index (κ3) is 3.88. The van der Waals surface area contributed by atoms with Gasteiger partial charge in [-0.3, -0.25) is 4.79 Å². The Bertz CT molecular complexity index is 923. The number of rotatable bonds is 3. The van der Waals surface area contributed by atoms with Crippen molar-refractivity contribution in [3.8, 4) is 22.5 Å². The number of alkyl halides is 3. The first kappa shape index (κ1) is 17.6. The lowest BCUT2D eigenvalue weighted by Gasteiger charge is -2.12. The average Bonchev–Trinajstić information content (AvgIpc) is 2.62. The minimum atomic E-state index is -4.42. The molecule has 4 nitrogen and oxygen atoms in total. The van der Waals surface area contributed by atoms with Crippen LogP contribution < -0.4 is 5.32 Å². The van der Waals surface area contributed by atoms with Gasteiger partial charge in [0, 0.05) is 18.1 Å². The third-order valence-corrected chi connectivity index (χ3v) is 3.62. The maximum absolute atomic E-state index is 12.8. The van der Waals surface area contributed by atoms with E-state index in [1.54, 1.807) is 0 Å². The molecule has 3 aromatic rings. The van der Waals surface area contributed by atoms with E-state index in [0.717, 1.165) is 17.7 Å². The Kier molecular flexibility index (Phi) is 4.71. The molecule has 3 rings (SSSR count). The zero-order chi connectivity index (χ0) is 18.7. The summed E-state index contributed by atoms with van der Waals surface area (Å²) < 4.78 is 38.3. The zero-order valence-corrected chi connectivity index (χ0v) is 13.7. The Hall–Kier alpha value is -3.22. The molecule has 2 aromatic carbocycles. The van der Waals surface area contributed by atoms with E-state index in [-0.39, 0.29) is 11.7 Å². The van der Waals surface area contributed by atoms with E-state index >= 15 is 0 Å². The smallest absolute Gasteiger partial charge is 0.309 e. The first-order chi connectivity index (χ1) is 12.3. The predicted octanol–water partition coefficient (Wildman–Crippen LogP) is 4.79. The fraction of sp³-hybridized carbons (Fsp3) is 0.105. The van der Waals surface area contributed by atoms with Gasteiger partial charge in [-0.15, -0.1) is 0 Å². The van der Waals surface area contributed by atoms with E-state index in [9.17, 15) is 18.0 Å². The molecule has 26 heavy (non-hydrogen) atoms. The highest BCUT2D eigenvalue weighted by Gasteiger charge is 2.30. The van der Waals surface area contributed by atoms with Crippen LogP contribution >= 0.6 is 0 Å². The van der Waals surface area contributed by atoms with Crippen LogP contribution in [0.4, 0.5) is 19.0 Å². The van der Waals surface area contributed by atoms with Crippen LogP contribution in [0.3, 0.4) is 0 Å². The summed E-state index contributed by atoms with van der Waals surface area (Å²) in [7, 11) is 0. The van der Waals surface area contributed by atoms with Crippen molar-refractivity contribution in [3.05, 3.63) is 66.4 Å². The molecule has 0 saturated carbocycles. The number of halogens is 3. The maximum atomic E-state index is 12.8. The molecule has 0 aliphatic carbocycles. The van der Waals surface area contributed by atoms with Gasteiger partial charge >= 0.3 is 6.18 Å². The lowest BCUT2D eigenvalue weighted by molar-refractivity contribution is -0.137. The Morgan fingerprint density at radius 2 is 1.62 bits per heavy atom. The minimum Gasteiger partial charge on any atom is -0.309 e. The third-order valence-electron chi connectivity index (χ3n) is 3.62. The number of carbonyl (C=O) groups is 1. The van der Waals surface area contributed by atoms with Gasteiger partial charge in [-0.25, -0.2) is 9.97 Å². The molecule has 7 heteroatoms. The SMILES string of the molecule is CC(=O)Nc1ncc(-c2ccccc2)nc1-c1ccc(C(F)(F)F)cc1. The van der Waals surface area contributed by atoms with Crippen LogP contribution in [0.2, 0.25) is 0 Å². The van der Waals surface area contributed by atoms with E-state index in [0.29, 0.717) is 17.0 Å². The summed E-state index contributed by atoms with van der Waals surface area (Å²) >= 11 is 0. The molecule has 0 fully saturated rings. The van der Waals surface area contributed by atoms with E-state index in [1.165, 1.54) is 25.3 Å². The number of nitrogens with zero attached hydrogens (tertiary/aromatic N) is 2. The van der Waals surface area contributed by atoms with Crippen molar-refractivity contribution in [2.75, 3.05) is 5.32 Å². The van der Waals surface area contributed by atoms with Crippen LogP contribution in [0.15, 0.2) is 60.8 Å². The van der Waals surface area contributed by atoms with Gasteiger partial charge in [0.25, 0.3) is 0 Å². The number of anilines is 1. The lowest BCUT2D eigenvalue weighted by Crippen LogP contribution is -2.10. The van der Waals surface area contributed by atoms with Gasteiger partial charge in [0.15, 0.2) is 5.82 Å². The van der Waals surface area contributed by atoms with E-state index < -0.39 is 11.7 Å². The molecule has 0 aliphatic rings. The monoisotopic (exact) mass is 357 g/mol. The molecule has 0 radical (unpaired) electrons. The summed E-state index contributed by atoms with van der Waals surface area (Å²) in [5.41, 5.74) is 1.33. The standard InChI is InChI=1S/C19H14F3N3O/c1-12(26)24-18-17(14-7-9-15(10-8-14)19(20,21)22)25-16(11-23-18)13-5-3-2-4-6-13/h2-11H,1H3,(H,23,24,26). The fourth-order valence-corrected chi connectivity index (χ4v) is 2.41. The summed E-state index contributed by atoms with van der Waals surface area (Å²) in [6.45, 7) is 1.32. The van der Waals surface area contributed by atoms with Gasteiger partial charge in [-0.1, -0.05) is 42.5 Å². The van der Waals surface area contributed by atoms with Gasteiger partial charge in [0.2, 0.25) is 5.91 Å². The van der Waals surface area contributed by atoms with Crippen molar-refractivity contribution in [1.29, 1.82) is 0 Å². The molecule has 0 saturated heterocycles. The normalized spacial score (nSPS) is 11.2. The Labute approximate surface area is 147 Å². The van der Waals surface area contributed by atoms with Crippen LogP contribution in [-0.4, -0.2) is 15.9 Å². The van der Waals surface area contributed by atoms with Crippen LogP contribution in [0.5, 0.6) is 0 Å². The number of hydrogen-bond donors (Lipinski definition) is 1. The number of hydrogen-bond acceptors (Lipinski definition) is 3. The maximum Gasteiger partial charge on any atom is 0.416 e. The lowest BCUT2D eigenvalue weighted by atomic mass is 10.1. The quantitative estimate of drug-likeness (QED) is 0.733. The van der Waals surface area contributed by atoms with Crippen molar-refractivity contribution in [2.24, 2.45) is 0 Å². The summed E-state index contributed by atoms with van der Waals surface area (Å²) in [6, 6.07) is 13.8. The van der Waals surface area contributed by atoms with Crippen molar-refractivity contribution < 1.29 is 18.0 Å². The molecule has 1 N–H and O–H groups in total. The van der Waals surface area contributed by atoms with Crippen LogP contribution in [-0.2, 0) is 11.0 Å². The van der Waals surface area contributed by atoms with Crippen molar-refractivity contribution >= 4 is 11.7 Å². The van der Waals surface area contributed by atoms with E-state index in [1.807, 2.05) is 30.3 Å². The average molecular weight is 357 g/mol. The predicted molar refractivity (Wildman–Crippen MR) is 92.2 cm³/mol. The fourth-order valence-electron chi connectivity index (χ4n) is 2.41. The molecule has 0 aliphatic heterocycles. The molecular weight excluding hydrogens is 343 g/mol. The molecular formula is C19H14F3N3O. The summed E-state index contributed by atoms with van der Waals surface area (Å²) in [5.74, 6) is -0.156. The topological polar surface area (TPSA) is 54.9 Å². The summed E-state index contributed by atoms with van der Waals surface area (Å²) in [6.07, 6.45) is -2.91. The second-order valence-electron chi connectivity index (χ2n) is 5.57. The Morgan fingerprint density at radius 3 is 2.19 bits per heavy atom. The molecule has 132 valence electrons. The highest BCUT2D eigenvalue weighted by Crippen LogP contribution is 2.32. The van der Waals surface area contributed by atoms with E-state index in [2.05, 4.69) is 15.3 Å². The molecule has 1 amide bonds. The number of amides is 1. The second-order valence-corrected chi connectivity index (χ2v) is 5.57. The summed E-state index contributed by atoms with van der Waals surface area (Å²) in [5, 5.41) is 2.56. The zero-order valence-electron chi connectivity index (χ0n) is 13.7. The van der Waals surface area contributed by atoms with Crippen molar-refractivity contribution in [3.63, 3.8) is 0 Å². The van der Waals surface area contributed by atoms with Crippen LogP contribution in [0.25, 0.3) is 22.5 Å². The van der Waals surface area contributed by atoms with Crippen molar-refractivity contribution in [1.82, 2.24) is 9.97 Å². The minimum absolute atomic E-state index is 0.192. The van der Waals surface area contributed by atoms with Gasteiger partial charge < -0.3 is 5.32 Å². The largest absolute Gasteiger partial charge is 0.416 e. The van der Waals surface area contributed by atoms with Crippen molar-refractivity contribution in [2.45, 2.75) is 13.1 Å².